The zero-order valence-electron chi connectivity index (χ0n) is 13.1. The number of nitrogens with two attached hydrogens (primary N) is 1. The van der Waals surface area contributed by atoms with Crippen LogP contribution in [0.15, 0.2) is 42.0 Å². The topological polar surface area (TPSA) is 91.0 Å². The first-order chi connectivity index (χ1) is 11.7. The maximum atomic E-state index is 12.0. The average Bonchev–Trinajstić information content (AvgIpc) is 3.09. The van der Waals surface area contributed by atoms with Gasteiger partial charge in [0, 0.05) is 23.3 Å². The number of hydrogen-bond acceptors (Lipinski definition) is 7. The molecule has 0 saturated carbocycles. The molecule has 3 aromatic rings. The van der Waals surface area contributed by atoms with E-state index in [-0.39, 0.29) is 18.1 Å². The molecule has 0 aliphatic rings. The van der Waals surface area contributed by atoms with Crippen molar-refractivity contribution < 1.29 is 9.53 Å². The largest absolute Gasteiger partial charge is 0.454 e. The lowest BCUT2D eigenvalue weighted by molar-refractivity contribution is 0.0462. The maximum absolute atomic E-state index is 12.0. The molecule has 0 fully saturated rings. The van der Waals surface area contributed by atoms with E-state index in [4.69, 9.17) is 10.5 Å². The number of nitrogens with zero attached hydrogens (tertiary/aromatic N) is 3. The fourth-order valence-corrected chi connectivity index (χ4v) is 2.91. The first-order valence-electron chi connectivity index (χ1n) is 7.44. The molecule has 3 rings (SSSR count). The Morgan fingerprint density at radius 1 is 1.21 bits per heavy atom. The van der Waals surface area contributed by atoms with Gasteiger partial charge in [-0.3, -0.25) is 0 Å². The van der Waals surface area contributed by atoms with E-state index in [2.05, 4.69) is 34.0 Å². The van der Waals surface area contributed by atoms with E-state index in [1.54, 1.807) is 0 Å². The molecule has 24 heavy (non-hydrogen) atoms. The quantitative estimate of drug-likeness (QED) is 0.718. The highest BCUT2D eigenvalue weighted by Crippen LogP contribution is 2.24. The van der Waals surface area contributed by atoms with Crippen molar-refractivity contribution >= 4 is 23.1 Å². The van der Waals surface area contributed by atoms with Crippen molar-refractivity contribution in [2.24, 2.45) is 0 Å². The predicted octanol–water partition coefficient (Wildman–Crippen LogP) is 3.10. The molecule has 0 spiro atoms. The molecule has 2 N–H and O–H groups in total. The van der Waals surface area contributed by atoms with Crippen molar-refractivity contribution in [3.05, 3.63) is 59.0 Å². The fraction of sp³-hybridized carbons (Fsp3) is 0.176. The van der Waals surface area contributed by atoms with Gasteiger partial charge in [0.05, 0.1) is 5.69 Å². The number of nitrogen functional groups attached to an aromatic ring is 1. The summed E-state index contributed by atoms with van der Waals surface area (Å²) in [4.78, 5) is 24.1. The number of thiazole rings is 1. The van der Waals surface area contributed by atoms with Crippen LogP contribution < -0.4 is 5.73 Å². The molecule has 6 nitrogen and oxygen atoms in total. The lowest BCUT2D eigenvalue weighted by Crippen LogP contribution is -2.11. The van der Waals surface area contributed by atoms with E-state index in [0.29, 0.717) is 5.69 Å². The highest BCUT2D eigenvalue weighted by Gasteiger charge is 2.14. The first-order valence-corrected chi connectivity index (χ1v) is 8.32. The van der Waals surface area contributed by atoms with Crippen LogP contribution in [-0.2, 0) is 17.8 Å². The Morgan fingerprint density at radius 2 is 1.96 bits per heavy atom. The Labute approximate surface area is 143 Å². The van der Waals surface area contributed by atoms with Crippen molar-refractivity contribution in [1.82, 2.24) is 15.0 Å². The second-order valence-electron chi connectivity index (χ2n) is 5.06. The monoisotopic (exact) mass is 340 g/mol. The van der Waals surface area contributed by atoms with Gasteiger partial charge in [0.1, 0.15) is 11.6 Å². The molecule has 0 radical (unpaired) electrons. The number of benzene rings is 1. The van der Waals surface area contributed by atoms with Gasteiger partial charge in [0.25, 0.3) is 0 Å². The van der Waals surface area contributed by atoms with E-state index in [1.807, 2.05) is 17.5 Å². The Bertz CT molecular complexity index is 846. The predicted molar refractivity (Wildman–Crippen MR) is 92.5 cm³/mol. The van der Waals surface area contributed by atoms with Crippen molar-refractivity contribution in [3.63, 3.8) is 0 Å². The van der Waals surface area contributed by atoms with Crippen molar-refractivity contribution in [2.45, 2.75) is 20.0 Å². The van der Waals surface area contributed by atoms with Crippen molar-refractivity contribution in [2.75, 3.05) is 5.73 Å². The first kappa shape index (κ1) is 16.1. The Kier molecular flexibility index (Phi) is 4.81. The number of aromatic nitrogens is 3. The zero-order chi connectivity index (χ0) is 16.9. The Balaban J connectivity index is 1.66. The summed E-state index contributed by atoms with van der Waals surface area (Å²) in [5.74, 6) is -0.556. The van der Waals surface area contributed by atoms with Crippen LogP contribution in [0.25, 0.3) is 10.6 Å². The normalized spacial score (nSPS) is 10.5. The summed E-state index contributed by atoms with van der Waals surface area (Å²) in [6.45, 7) is 2.19. The van der Waals surface area contributed by atoms with Gasteiger partial charge in [-0.15, -0.1) is 11.3 Å². The third kappa shape index (κ3) is 3.57. The van der Waals surface area contributed by atoms with Crippen LogP contribution in [0, 0.1) is 0 Å². The smallest absolute Gasteiger partial charge is 0.361 e. The molecule has 0 bridgehead atoms. The van der Waals surface area contributed by atoms with E-state index >= 15 is 0 Å². The average molecular weight is 340 g/mol. The molecule has 0 saturated heterocycles. The van der Waals surface area contributed by atoms with Gasteiger partial charge in [-0.1, -0.05) is 31.2 Å². The lowest BCUT2D eigenvalue weighted by Gasteiger charge is -2.03. The molecule has 7 heteroatoms. The van der Waals surface area contributed by atoms with Crippen molar-refractivity contribution in [3.8, 4) is 10.6 Å². The molecule has 0 amide bonds. The highest BCUT2D eigenvalue weighted by atomic mass is 32.1. The molecule has 0 aliphatic carbocycles. The molecule has 1 aromatic carbocycles. The molecule has 122 valence electrons. The molecular formula is C17H16N4O2S. The number of esters is 1. The third-order valence-electron chi connectivity index (χ3n) is 3.43. The summed E-state index contributed by atoms with van der Waals surface area (Å²) in [6.07, 6.45) is 3.82. The number of rotatable bonds is 5. The molecule has 0 unspecified atom stereocenters. The van der Waals surface area contributed by atoms with Crippen LogP contribution in [0.5, 0.6) is 0 Å². The van der Waals surface area contributed by atoms with Crippen LogP contribution in [0.1, 0.15) is 28.7 Å². The van der Waals surface area contributed by atoms with Crippen molar-refractivity contribution in [1.29, 1.82) is 0 Å². The van der Waals surface area contributed by atoms with Gasteiger partial charge in [0.2, 0.25) is 0 Å². The van der Waals surface area contributed by atoms with Gasteiger partial charge in [-0.2, -0.15) is 0 Å². The SMILES string of the molecule is CCc1ccc(-c2nc(COC(=O)c3nccnc3N)cs2)cc1. The van der Waals surface area contributed by atoms with Crippen LogP contribution in [0.3, 0.4) is 0 Å². The van der Waals surface area contributed by atoms with Gasteiger partial charge >= 0.3 is 5.97 Å². The second-order valence-corrected chi connectivity index (χ2v) is 5.92. The summed E-state index contributed by atoms with van der Waals surface area (Å²) < 4.78 is 5.20. The van der Waals surface area contributed by atoms with Gasteiger partial charge < -0.3 is 10.5 Å². The highest BCUT2D eigenvalue weighted by molar-refractivity contribution is 7.13. The van der Waals surface area contributed by atoms with E-state index in [0.717, 1.165) is 17.0 Å². The summed E-state index contributed by atoms with van der Waals surface area (Å²) in [7, 11) is 0. The summed E-state index contributed by atoms with van der Waals surface area (Å²) in [5, 5.41) is 2.76. The van der Waals surface area contributed by atoms with Gasteiger partial charge in [-0.05, 0) is 12.0 Å². The minimum atomic E-state index is -0.609. The number of ether oxygens (including phenoxy) is 1. The maximum Gasteiger partial charge on any atom is 0.361 e. The van der Waals surface area contributed by atoms with Crippen LogP contribution in [0.2, 0.25) is 0 Å². The van der Waals surface area contributed by atoms with Gasteiger partial charge in [-0.25, -0.2) is 19.7 Å². The number of aryl methyl sites for hydroxylation is 1. The van der Waals surface area contributed by atoms with E-state index in [1.165, 1.54) is 29.3 Å². The Hall–Kier alpha value is -2.80. The standard InChI is InChI=1S/C17H16N4O2S/c1-2-11-3-5-12(6-4-11)16-21-13(10-24-16)9-23-17(22)14-15(18)20-8-7-19-14/h3-8,10H,2,9H2,1H3,(H2,18,20). The molecule has 0 atom stereocenters. The van der Waals surface area contributed by atoms with Gasteiger partial charge in [0.15, 0.2) is 11.5 Å². The second kappa shape index (κ2) is 7.18. The molecular weight excluding hydrogens is 324 g/mol. The molecule has 0 aliphatic heterocycles. The zero-order valence-corrected chi connectivity index (χ0v) is 13.9. The lowest BCUT2D eigenvalue weighted by atomic mass is 10.1. The number of anilines is 1. The Morgan fingerprint density at radius 3 is 2.67 bits per heavy atom. The third-order valence-corrected chi connectivity index (χ3v) is 4.37. The van der Waals surface area contributed by atoms with Crippen LogP contribution in [-0.4, -0.2) is 20.9 Å². The molecule has 2 aromatic heterocycles. The summed E-state index contributed by atoms with van der Waals surface area (Å²) in [5.41, 5.74) is 8.64. The molecule has 2 heterocycles. The summed E-state index contributed by atoms with van der Waals surface area (Å²) >= 11 is 1.51. The number of carbonyl (C=O) groups is 1. The number of carbonyl (C=O) groups excluding carboxylic acids is 1. The minimum absolute atomic E-state index is 0.0168. The summed E-state index contributed by atoms with van der Waals surface area (Å²) in [6, 6.07) is 8.28. The van der Waals surface area contributed by atoms with E-state index in [9.17, 15) is 4.79 Å². The fourth-order valence-electron chi connectivity index (χ4n) is 2.10. The van der Waals surface area contributed by atoms with Crippen LogP contribution >= 0.6 is 11.3 Å². The van der Waals surface area contributed by atoms with E-state index < -0.39 is 5.97 Å². The minimum Gasteiger partial charge on any atom is -0.454 e. The van der Waals surface area contributed by atoms with Crippen LogP contribution in [0.4, 0.5) is 5.82 Å². The number of hydrogen-bond donors (Lipinski definition) is 1.